The Morgan fingerprint density at radius 1 is 1.39 bits per heavy atom. The molecule has 3 heterocycles. The molecule has 126 valence electrons. The Labute approximate surface area is 136 Å². The topological polar surface area (TPSA) is 69.2 Å². The molecule has 23 heavy (non-hydrogen) atoms. The summed E-state index contributed by atoms with van der Waals surface area (Å²) in [6.45, 7) is 5.86. The highest BCUT2D eigenvalue weighted by atomic mass is 16.5. The number of rotatable bonds is 6. The predicted octanol–water partition coefficient (Wildman–Crippen LogP) is 2.41. The van der Waals surface area contributed by atoms with E-state index in [1.807, 2.05) is 18.7 Å². The molecule has 0 aromatic carbocycles. The number of likely N-dealkylation sites (tertiary alicyclic amines) is 1. The SMILES string of the molecule is CCCc1noc(CN2CCC[C@H]2c2c(C)nn(C)c2OC)n1. The smallest absolute Gasteiger partial charge is 0.240 e. The van der Waals surface area contributed by atoms with E-state index in [0.717, 1.165) is 49.6 Å². The van der Waals surface area contributed by atoms with Crippen molar-refractivity contribution in [1.29, 1.82) is 0 Å². The van der Waals surface area contributed by atoms with Crippen LogP contribution in [0.25, 0.3) is 0 Å². The van der Waals surface area contributed by atoms with Gasteiger partial charge in [0, 0.05) is 19.5 Å². The zero-order valence-electron chi connectivity index (χ0n) is 14.4. The van der Waals surface area contributed by atoms with E-state index in [1.54, 1.807) is 7.11 Å². The molecule has 1 saturated heterocycles. The van der Waals surface area contributed by atoms with Crippen LogP contribution in [0.3, 0.4) is 0 Å². The summed E-state index contributed by atoms with van der Waals surface area (Å²) >= 11 is 0. The molecule has 0 aliphatic carbocycles. The molecule has 0 amide bonds. The normalized spacial score (nSPS) is 18.7. The van der Waals surface area contributed by atoms with Crippen molar-refractivity contribution in [2.75, 3.05) is 13.7 Å². The van der Waals surface area contributed by atoms with Gasteiger partial charge in [-0.1, -0.05) is 12.1 Å². The molecule has 0 N–H and O–H groups in total. The molecule has 1 fully saturated rings. The van der Waals surface area contributed by atoms with E-state index in [-0.39, 0.29) is 0 Å². The number of ether oxygens (including phenoxy) is 1. The minimum atomic E-state index is 0.292. The fourth-order valence-corrected chi connectivity index (χ4v) is 3.47. The molecular weight excluding hydrogens is 294 g/mol. The van der Waals surface area contributed by atoms with Gasteiger partial charge in [-0.15, -0.1) is 0 Å². The van der Waals surface area contributed by atoms with Crippen LogP contribution < -0.4 is 4.74 Å². The quantitative estimate of drug-likeness (QED) is 0.814. The average molecular weight is 319 g/mol. The summed E-state index contributed by atoms with van der Waals surface area (Å²) in [5, 5.41) is 8.56. The molecule has 1 aliphatic rings. The Bertz CT molecular complexity index is 663. The van der Waals surface area contributed by atoms with Crippen molar-refractivity contribution in [1.82, 2.24) is 24.8 Å². The number of hydrogen-bond donors (Lipinski definition) is 0. The van der Waals surface area contributed by atoms with Crippen LogP contribution >= 0.6 is 0 Å². The van der Waals surface area contributed by atoms with Crippen LogP contribution in [0.4, 0.5) is 0 Å². The van der Waals surface area contributed by atoms with Gasteiger partial charge in [0.1, 0.15) is 0 Å². The Morgan fingerprint density at radius 3 is 2.96 bits per heavy atom. The first kappa shape index (κ1) is 16.0. The largest absolute Gasteiger partial charge is 0.481 e. The number of aryl methyl sites for hydroxylation is 3. The lowest BCUT2D eigenvalue weighted by Gasteiger charge is -2.23. The molecule has 1 atom stereocenters. The summed E-state index contributed by atoms with van der Waals surface area (Å²) in [5.74, 6) is 2.34. The highest BCUT2D eigenvalue weighted by Gasteiger charge is 2.33. The van der Waals surface area contributed by atoms with Gasteiger partial charge in [-0.3, -0.25) is 4.90 Å². The van der Waals surface area contributed by atoms with Gasteiger partial charge in [0.05, 0.1) is 24.9 Å². The highest BCUT2D eigenvalue weighted by molar-refractivity contribution is 5.35. The summed E-state index contributed by atoms with van der Waals surface area (Å²) in [6, 6.07) is 0.292. The second kappa shape index (κ2) is 6.70. The summed E-state index contributed by atoms with van der Waals surface area (Å²) in [5.41, 5.74) is 2.21. The Hall–Kier alpha value is -1.89. The molecule has 3 rings (SSSR count). The first-order chi connectivity index (χ1) is 11.1. The van der Waals surface area contributed by atoms with Gasteiger partial charge in [0.2, 0.25) is 11.8 Å². The van der Waals surface area contributed by atoms with Crippen LogP contribution in [-0.2, 0) is 20.0 Å². The molecule has 1 aliphatic heterocycles. The van der Waals surface area contributed by atoms with Crippen molar-refractivity contribution in [2.24, 2.45) is 7.05 Å². The van der Waals surface area contributed by atoms with Crippen molar-refractivity contribution in [3.05, 3.63) is 23.0 Å². The second-order valence-corrected chi connectivity index (χ2v) is 6.11. The van der Waals surface area contributed by atoms with Crippen molar-refractivity contribution >= 4 is 0 Å². The zero-order valence-corrected chi connectivity index (χ0v) is 14.4. The van der Waals surface area contributed by atoms with E-state index in [0.29, 0.717) is 18.5 Å². The molecule has 0 radical (unpaired) electrons. The van der Waals surface area contributed by atoms with Gasteiger partial charge in [0.15, 0.2) is 5.82 Å². The van der Waals surface area contributed by atoms with Gasteiger partial charge in [0.25, 0.3) is 0 Å². The van der Waals surface area contributed by atoms with Gasteiger partial charge < -0.3 is 9.26 Å². The minimum Gasteiger partial charge on any atom is -0.481 e. The van der Waals surface area contributed by atoms with Crippen LogP contribution in [0.1, 0.15) is 55.2 Å². The Balaban J connectivity index is 1.80. The lowest BCUT2D eigenvalue weighted by molar-refractivity contribution is 0.208. The van der Waals surface area contributed by atoms with Gasteiger partial charge in [-0.25, -0.2) is 4.68 Å². The third kappa shape index (κ3) is 3.10. The van der Waals surface area contributed by atoms with E-state index >= 15 is 0 Å². The van der Waals surface area contributed by atoms with Crippen LogP contribution in [0.5, 0.6) is 5.88 Å². The van der Waals surface area contributed by atoms with Crippen LogP contribution in [0.15, 0.2) is 4.52 Å². The summed E-state index contributed by atoms with van der Waals surface area (Å²) < 4.78 is 12.8. The monoisotopic (exact) mass is 319 g/mol. The number of methoxy groups -OCH3 is 1. The lowest BCUT2D eigenvalue weighted by atomic mass is 10.1. The number of hydrogen-bond acceptors (Lipinski definition) is 6. The maximum atomic E-state index is 5.57. The summed E-state index contributed by atoms with van der Waals surface area (Å²) in [4.78, 5) is 6.87. The molecule has 0 spiro atoms. The summed E-state index contributed by atoms with van der Waals surface area (Å²) in [6.07, 6.45) is 4.14. The van der Waals surface area contributed by atoms with E-state index in [1.165, 1.54) is 5.56 Å². The van der Waals surface area contributed by atoms with E-state index < -0.39 is 0 Å². The molecule has 0 saturated carbocycles. The van der Waals surface area contributed by atoms with E-state index in [4.69, 9.17) is 9.26 Å². The molecule has 7 heteroatoms. The molecule has 7 nitrogen and oxygen atoms in total. The third-order valence-electron chi connectivity index (χ3n) is 4.43. The fourth-order valence-electron chi connectivity index (χ4n) is 3.47. The second-order valence-electron chi connectivity index (χ2n) is 6.11. The van der Waals surface area contributed by atoms with Crippen molar-refractivity contribution in [2.45, 2.75) is 52.1 Å². The van der Waals surface area contributed by atoms with Gasteiger partial charge in [-0.05, 0) is 32.7 Å². The molecule has 2 aromatic rings. The Morgan fingerprint density at radius 2 is 2.22 bits per heavy atom. The van der Waals surface area contributed by atoms with E-state index in [9.17, 15) is 0 Å². The van der Waals surface area contributed by atoms with Crippen molar-refractivity contribution in [3.63, 3.8) is 0 Å². The lowest BCUT2D eigenvalue weighted by Crippen LogP contribution is -2.23. The standard InChI is InChI=1S/C16H25N5O2/c1-5-7-13-17-14(23-19-13)10-21-9-6-8-12(21)15-11(2)18-20(3)16(15)22-4/h12H,5-10H2,1-4H3/t12-/m0/s1. The maximum Gasteiger partial charge on any atom is 0.240 e. The van der Waals surface area contributed by atoms with Crippen LogP contribution in [-0.4, -0.2) is 38.5 Å². The van der Waals surface area contributed by atoms with Crippen molar-refractivity contribution in [3.8, 4) is 5.88 Å². The summed E-state index contributed by atoms with van der Waals surface area (Å²) in [7, 11) is 3.62. The first-order valence-electron chi connectivity index (χ1n) is 8.27. The molecule has 0 unspecified atom stereocenters. The Kier molecular flexibility index (Phi) is 4.66. The number of nitrogens with zero attached hydrogens (tertiary/aromatic N) is 5. The van der Waals surface area contributed by atoms with Gasteiger partial charge in [-0.2, -0.15) is 10.1 Å². The molecule has 0 bridgehead atoms. The highest BCUT2D eigenvalue weighted by Crippen LogP contribution is 2.39. The predicted molar refractivity (Wildman–Crippen MR) is 85.2 cm³/mol. The molecule has 2 aromatic heterocycles. The molecular formula is C16H25N5O2. The van der Waals surface area contributed by atoms with E-state index in [2.05, 4.69) is 27.1 Å². The fraction of sp³-hybridized carbons (Fsp3) is 0.688. The average Bonchev–Trinajstić information content (AvgIpc) is 3.20. The minimum absolute atomic E-state index is 0.292. The third-order valence-corrected chi connectivity index (χ3v) is 4.43. The van der Waals surface area contributed by atoms with Crippen LogP contribution in [0, 0.1) is 6.92 Å². The maximum absolute atomic E-state index is 5.57. The van der Waals surface area contributed by atoms with Crippen LogP contribution in [0.2, 0.25) is 0 Å². The number of aromatic nitrogens is 4. The van der Waals surface area contributed by atoms with Crippen molar-refractivity contribution < 1.29 is 9.26 Å². The first-order valence-corrected chi connectivity index (χ1v) is 8.27. The zero-order chi connectivity index (χ0) is 16.4. The van der Waals surface area contributed by atoms with Gasteiger partial charge >= 0.3 is 0 Å².